The Labute approximate surface area is 196 Å². The van der Waals surface area contributed by atoms with Gasteiger partial charge in [-0.05, 0) is 43.5 Å². The van der Waals surface area contributed by atoms with Crippen molar-refractivity contribution in [1.82, 2.24) is 15.5 Å². The first kappa shape index (κ1) is 24.3. The van der Waals surface area contributed by atoms with Gasteiger partial charge in [0.1, 0.15) is 0 Å². The number of amides is 2. The van der Waals surface area contributed by atoms with Gasteiger partial charge in [0.2, 0.25) is 5.91 Å². The van der Waals surface area contributed by atoms with Crippen LogP contribution in [0.1, 0.15) is 48.0 Å². The first-order chi connectivity index (χ1) is 15.6. The zero-order chi connectivity index (χ0) is 22.6. The molecule has 0 aliphatic heterocycles. The topological polar surface area (TPSA) is 61.4 Å². The van der Waals surface area contributed by atoms with Gasteiger partial charge in [-0.25, -0.2) is 0 Å². The normalized spacial score (nSPS) is 14.3. The van der Waals surface area contributed by atoms with Gasteiger partial charge in [-0.15, -0.1) is 11.8 Å². The van der Waals surface area contributed by atoms with E-state index in [9.17, 15) is 9.59 Å². The minimum Gasteiger partial charge on any atom is -0.355 e. The summed E-state index contributed by atoms with van der Waals surface area (Å²) >= 11 is 1.43. The Kier molecular flexibility index (Phi) is 10.1. The predicted molar refractivity (Wildman–Crippen MR) is 132 cm³/mol. The van der Waals surface area contributed by atoms with E-state index in [-0.39, 0.29) is 11.8 Å². The largest absolute Gasteiger partial charge is 0.355 e. The fourth-order valence-electron chi connectivity index (χ4n) is 4.05. The Balaban J connectivity index is 1.41. The molecule has 172 valence electrons. The molecule has 2 N–H and O–H groups in total. The van der Waals surface area contributed by atoms with Crippen LogP contribution >= 0.6 is 11.8 Å². The summed E-state index contributed by atoms with van der Waals surface area (Å²) in [4.78, 5) is 28.1. The Hall–Kier alpha value is -2.31. The number of thioether (sulfide) groups is 1. The second-order valence-electron chi connectivity index (χ2n) is 8.57. The summed E-state index contributed by atoms with van der Waals surface area (Å²) < 4.78 is 0. The lowest BCUT2D eigenvalue weighted by molar-refractivity contribution is -0.118. The molecule has 1 aliphatic rings. The number of hydrogen-bond donors (Lipinski definition) is 2. The molecule has 0 bridgehead atoms. The molecule has 0 unspecified atom stereocenters. The molecular formula is C26H35N3O2S. The van der Waals surface area contributed by atoms with E-state index < -0.39 is 0 Å². The van der Waals surface area contributed by atoms with Crippen molar-refractivity contribution in [2.45, 2.75) is 43.5 Å². The number of nitrogens with one attached hydrogen (secondary N) is 2. The van der Waals surface area contributed by atoms with E-state index in [0.717, 1.165) is 24.5 Å². The van der Waals surface area contributed by atoms with E-state index in [1.807, 2.05) is 42.5 Å². The Morgan fingerprint density at radius 3 is 2.47 bits per heavy atom. The number of carbonyl (C=O) groups excluding carboxylic acids is 2. The second-order valence-corrected chi connectivity index (χ2v) is 9.59. The van der Waals surface area contributed by atoms with E-state index in [0.29, 0.717) is 23.8 Å². The monoisotopic (exact) mass is 453 g/mol. The molecule has 5 nitrogen and oxygen atoms in total. The van der Waals surface area contributed by atoms with Crippen molar-refractivity contribution in [2.75, 3.05) is 32.4 Å². The predicted octanol–water partition coefficient (Wildman–Crippen LogP) is 4.34. The van der Waals surface area contributed by atoms with Crippen LogP contribution in [0.4, 0.5) is 0 Å². The fraction of sp³-hybridized carbons (Fsp3) is 0.462. The minimum atomic E-state index is -0.0937. The SMILES string of the molecule is CN(CCNC(=O)c1ccccc1SCC(=O)NCC1CCCCC1)Cc1ccccc1. The van der Waals surface area contributed by atoms with Crippen molar-refractivity contribution in [1.29, 1.82) is 0 Å². The number of carbonyl (C=O) groups is 2. The standard InChI is InChI=1S/C26H35N3O2S/c1-29(19-22-12-6-3-7-13-22)17-16-27-26(31)23-14-8-9-15-24(23)32-20-25(30)28-18-21-10-4-2-5-11-21/h3,6-9,12-15,21H,2,4-5,10-11,16-20H2,1H3,(H,27,31)(H,28,30). The Morgan fingerprint density at radius 1 is 0.969 bits per heavy atom. The third-order valence-electron chi connectivity index (χ3n) is 5.88. The maximum absolute atomic E-state index is 12.7. The molecule has 0 atom stereocenters. The first-order valence-corrected chi connectivity index (χ1v) is 12.6. The first-order valence-electron chi connectivity index (χ1n) is 11.6. The zero-order valence-electron chi connectivity index (χ0n) is 19.0. The quantitative estimate of drug-likeness (QED) is 0.497. The molecule has 0 saturated heterocycles. The van der Waals surface area contributed by atoms with Crippen molar-refractivity contribution >= 4 is 23.6 Å². The van der Waals surface area contributed by atoms with Gasteiger partial charge in [-0.1, -0.05) is 61.7 Å². The van der Waals surface area contributed by atoms with E-state index in [4.69, 9.17) is 0 Å². The highest BCUT2D eigenvalue weighted by atomic mass is 32.2. The summed E-state index contributed by atoms with van der Waals surface area (Å²) in [5.41, 5.74) is 1.88. The summed E-state index contributed by atoms with van der Waals surface area (Å²) in [6, 6.07) is 17.8. The molecule has 0 radical (unpaired) electrons. The zero-order valence-corrected chi connectivity index (χ0v) is 19.8. The van der Waals surface area contributed by atoms with E-state index in [2.05, 4.69) is 34.7 Å². The van der Waals surface area contributed by atoms with Crippen molar-refractivity contribution in [3.8, 4) is 0 Å². The van der Waals surface area contributed by atoms with Crippen LogP contribution < -0.4 is 10.6 Å². The third-order valence-corrected chi connectivity index (χ3v) is 6.95. The molecule has 0 spiro atoms. The van der Waals surface area contributed by atoms with Crippen molar-refractivity contribution < 1.29 is 9.59 Å². The van der Waals surface area contributed by atoms with E-state index in [1.54, 1.807) is 0 Å². The van der Waals surface area contributed by atoms with Gasteiger partial charge >= 0.3 is 0 Å². The van der Waals surface area contributed by atoms with Crippen LogP contribution in [-0.2, 0) is 11.3 Å². The highest BCUT2D eigenvalue weighted by molar-refractivity contribution is 8.00. The lowest BCUT2D eigenvalue weighted by atomic mass is 9.89. The molecule has 1 aliphatic carbocycles. The summed E-state index contributed by atoms with van der Waals surface area (Å²) in [7, 11) is 2.05. The third kappa shape index (κ3) is 8.32. The van der Waals surface area contributed by atoms with Gasteiger partial charge in [0, 0.05) is 31.1 Å². The number of rotatable bonds is 11. The lowest BCUT2D eigenvalue weighted by Gasteiger charge is -2.21. The minimum absolute atomic E-state index is 0.0401. The molecule has 2 amide bonds. The lowest BCUT2D eigenvalue weighted by Crippen LogP contribution is -2.33. The van der Waals surface area contributed by atoms with Gasteiger partial charge < -0.3 is 15.5 Å². The molecule has 32 heavy (non-hydrogen) atoms. The van der Waals surface area contributed by atoms with Gasteiger partial charge in [-0.3, -0.25) is 9.59 Å². The van der Waals surface area contributed by atoms with Crippen molar-refractivity contribution in [2.24, 2.45) is 5.92 Å². The van der Waals surface area contributed by atoms with Gasteiger partial charge in [0.25, 0.3) is 5.91 Å². The number of nitrogens with zero attached hydrogens (tertiary/aromatic N) is 1. The summed E-state index contributed by atoms with van der Waals surface area (Å²) in [5, 5.41) is 6.09. The molecule has 3 rings (SSSR count). The van der Waals surface area contributed by atoms with Gasteiger partial charge in [-0.2, -0.15) is 0 Å². The average Bonchev–Trinajstić information content (AvgIpc) is 2.83. The number of benzene rings is 2. The van der Waals surface area contributed by atoms with Crippen LogP contribution in [0.5, 0.6) is 0 Å². The molecule has 0 aromatic heterocycles. The van der Waals surface area contributed by atoms with Crippen LogP contribution in [0.2, 0.25) is 0 Å². The molecule has 1 saturated carbocycles. The van der Waals surface area contributed by atoms with Crippen LogP contribution in [-0.4, -0.2) is 49.1 Å². The molecule has 2 aromatic carbocycles. The molecule has 2 aromatic rings. The van der Waals surface area contributed by atoms with Crippen molar-refractivity contribution in [3.05, 3.63) is 65.7 Å². The highest BCUT2D eigenvalue weighted by Crippen LogP contribution is 2.24. The smallest absolute Gasteiger partial charge is 0.252 e. The van der Waals surface area contributed by atoms with Gasteiger partial charge in [0.05, 0.1) is 11.3 Å². The molecule has 0 heterocycles. The van der Waals surface area contributed by atoms with Crippen LogP contribution in [0, 0.1) is 5.92 Å². The second kappa shape index (κ2) is 13.3. The van der Waals surface area contributed by atoms with Crippen LogP contribution in [0.15, 0.2) is 59.5 Å². The summed E-state index contributed by atoms with van der Waals surface area (Å²) in [6.45, 7) is 2.96. The maximum atomic E-state index is 12.7. The van der Waals surface area contributed by atoms with Crippen LogP contribution in [0.25, 0.3) is 0 Å². The molecule has 1 fully saturated rings. The molecule has 6 heteroatoms. The maximum Gasteiger partial charge on any atom is 0.252 e. The summed E-state index contributed by atoms with van der Waals surface area (Å²) in [5.74, 6) is 0.898. The van der Waals surface area contributed by atoms with Crippen LogP contribution in [0.3, 0.4) is 0 Å². The Bertz CT molecular complexity index is 853. The molecular weight excluding hydrogens is 418 g/mol. The fourth-order valence-corrected chi connectivity index (χ4v) is 4.93. The Morgan fingerprint density at radius 2 is 1.69 bits per heavy atom. The summed E-state index contributed by atoms with van der Waals surface area (Å²) in [6.07, 6.45) is 6.32. The average molecular weight is 454 g/mol. The van der Waals surface area contributed by atoms with Gasteiger partial charge in [0.15, 0.2) is 0 Å². The highest BCUT2D eigenvalue weighted by Gasteiger charge is 2.16. The van der Waals surface area contributed by atoms with E-state index in [1.165, 1.54) is 49.4 Å². The van der Waals surface area contributed by atoms with Crippen molar-refractivity contribution in [3.63, 3.8) is 0 Å². The number of likely N-dealkylation sites (N-methyl/N-ethyl adjacent to an activating group) is 1. The van der Waals surface area contributed by atoms with E-state index >= 15 is 0 Å². The number of hydrogen-bond acceptors (Lipinski definition) is 4.